The number of aryl methyl sites for hydroxylation is 4. The number of nitrogens with zero attached hydrogens (tertiary/aromatic N) is 2. The molecule has 0 amide bonds. The molecule has 0 saturated heterocycles. The second kappa shape index (κ2) is 13.8. The van der Waals surface area contributed by atoms with Crippen molar-refractivity contribution >= 4 is 45.3 Å². The molecule has 0 radical (unpaired) electrons. The van der Waals surface area contributed by atoms with Gasteiger partial charge in [-0.2, -0.15) is 0 Å². The molecule has 0 aromatic heterocycles. The van der Waals surface area contributed by atoms with Crippen molar-refractivity contribution in [2.75, 3.05) is 9.80 Å². The van der Waals surface area contributed by atoms with E-state index >= 15 is 0 Å². The van der Waals surface area contributed by atoms with Crippen molar-refractivity contribution in [3.05, 3.63) is 178 Å². The number of allylic oxidation sites excluding steroid dienone is 2. The van der Waals surface area contributed by atoms with Gasteiger partial charge in [-0.1, -0.05) is 113 Å². The predicted molar refractivity (Wildman–Crippen MR) is 233 cm³/mol. The van der Waals surface area contributed by atoms with Crippen molar-refractivity contribution in [3.63, 3.8) is 0 Å². The number of hydrogen-bond donors (Lipinski definition) is 0. The minimum atomic E-state index is 0.115. The minimum Gasteiger partial charge on any atom is -0.310 e. The first kappa shape index (κ1) is 35.7. The fraction of sp³-hybridized carbons (Fsp3) is 0.269. The normalized spacial score (nSPS) is 13.9. The summed E-state index contributed by atoms with van der Waals surface area (Å²) in [6.07, 6.45) is 4.23. The van der Waals surface area contributed by atoms with Crippen molar-refractivity contribution < 1.29 is 0 Å². The molecule has 0 bridgehead atoms. The van der Waals surface area contributed by atoms with E-state index in [9.17, 15) is 0 Å². The summed E-state index contributed by atoms with van der Waals surface area (Å²) in [5, 5.41) is 0. The van der Waals surface area contributed by atoms with Crippen LogP contribution in [0.3, 0.4) is 0 Å². The van der Waals surface area contributed by atoms with Crippen LogP contribution in [0.4, 0.5) is 34.1 Å². The van der Waals surface area contributed by atoms with Crippen LogP contribution in [0, 0.1) is 13.8 Å². The maximum Gasteiger partial charge on any atom is 0.0464 e. The van der Waals surface area contributed by atoms with Gasteiger partial charge in [0.05, 0.1) is 0 Å². The summed E-state index contributed by atoms with van der Waals surface area (Å²) < 4.78 is 0. The fourth-order valence-electron chi connectivity index (χ4n) is 8.36. The summed E-state index contributed by atoms with van der Waals surface area (Å²) in [7, 11) is 0. The zero-order valence-corrected chi connectivity index (χ0v) is 33.4. The SMILES string of the molecule is Cc1ccc(N(c2ccc(C(C)(C)C)cc2)c2ccc3c(c2)CCC2=C3CCc3cc(N(c4ccc(C)cc4)c4ccc(C(C)(C)C)cc4)ccc32)cc1. The molecule has 6 aromatic carbocycles. The van der Waals surface area contributed by atoms with Crippen LogP contribution in [0.1, 0.15) is 98.9 Å². The predicted octanol–water partition coefficient (Wildman–Crippen LogP) is 14.6. The van der Waals surface area contributed by atoms with E-state index in [-0.39, 0.29) is 10.8 Å². The third-order valence-electron chi connectivity index (χ3n) is 11.6. The minimum absolute atomic E-state index is 0.115. The molecule has 272 valence electrons. The van der Waals surface area contributed by atoms with Crippen LogP contribution in [-0.2, 0) is 23.7 Å². The molecule has 2 aliphatic carbocycles. The van der Waals surface area contributed by atoms with Crippen LogP contribution in [0.25, 0.3) is 11.1 Å². The molecule has 0 saturated carbocycles. The maximum atomic E-state index is 2.46. The van der Waals surface area contributed by atoms with E-state index in [1.807, 2.05) is 0 Å². The van der Waals surface area contributed by atoms with Crippen LogP contribution >= 0.6 is 0 Å². The summed E-state index contributed by atoms with van der Waals surface area (Å²) in [6, 6.07) is 50.6. The van der Waals surface area contributed by atoms with Crippen molar-refractivity contribution in [3.8, 4) is 0 Å². The van der Waals surface area contributed by atoms with Gasteiger partial charge in [0.2, 0.25) is 0 Å². The Hall–Kier alpha value is -5.34. The third kappa shape index (κ3) is 6.91. The van der Waals surface area contributed by atoms with E-state index in [0.717, 1.165) is 25.7 Å². The molecule has 8 rings (SSSR count). The first-order chi connectivity index (χ1) is 25.8. The average molecular weight is 707 g/mol. The highest BCUT2D eigenvalue weighted by molar-refractivity contribution is 5.97. The summed E-state index contributed by atoms with van der Waals surface area (Å²) in [5.41, 5.74) is 21.5. The van der Waals surface area contributed by atoms with Gasteiger partial charge in [0, 0.05) is 34.1 Å². The molecule has 2 heteroatoms. The van der Waals surface area contributed by atoms with Crippen LogP contribution in [0.2, 0.25) is 0 Å². The van der Waals surface area contributed by atoms with Gasteiger partial charge >= 0.3 is 0 Å². The molecule has 6 aromatic rings. The molecule has 54 heavy (non-hydrogen) atoms. The number of rotatable bonds is 6. The Morgan fingerprint density at radius 2 is 0.648 bits per heavy atom. The van der Waals surface area contributed by atoms with Gasteiger partial charge in [0.15, 0.2) is 0 Å². The standard InChI is InChI=1S/C52H54N2/c1-35-9-19-41(20-10-35)53(43-23-15-39(16-24-43)51(3,4)5)45-27-31-47-37(33-45)13-29-50-48-32-28-46(34-38(48)14-30-49(47)50)54(42-21-11-36(2)12-22-42)44-25-17-40(18-26-44)52(6,7)8/h9-12,15-28,31-34H,13-14,29-30H2,1-8H3. The zero-order chi connectivity index (χ0) is 37.8. The zero-order valence-electron chi connectivity index (χ0n) is 33.4. The van der Waals surface area contributed by atoms with E-state index < -0.39 is 0 Å². The van der Waals surface area contributed by atoms with Crippen molar-refractivity contribution in [2.24, 2.45) is 0 Å². The van der Waals surface area contributed by atoms with E-state index in [4.69, 9.17) is 0 Å². The van der Waals surface area contributed by atoms with Gasteiger partial charge in [0.1, 0.15) is 0 Å². The maximum absolute atomic E-state index is 2.46. The van der Waals surface area contributed by atoms with Crippen LogP contribution in [0.15, 0.2) is 133 Å². The number of hydrogen-bond acceptors (Lipinski definition) is 2. The Labute approximate surface area is 323 Å². The van der Waals surface area contributed by atoms with E-state index in [2.05, 4.69) is 199 Å². The molecule has 2 nitrogen and oxygen atoms in total. The average Bonchev–Trinajstić information content (AvgIpc) is 3.16. The van der Waals surface area contributed by atoms with Crippen LogP contribution < -0.4 is 9.80 Å². The Balaban J connectivity index is 1.14. The summed E-state index contributed by atoms with van der Waals surface area (Å²) in [5.74, 6) is 0. The molecular formula is C52H54N2. The lowest BCUT2D eigenvalue weighted by molar-refractivity contribution is 0.590. The molecule has 0 N–H and O–H groups in total. The number of benzene rings is 6. The molecule has 0 aliphatic heterocycles. The lowest BCUT2D eigenvalue weighted by Crippen LogP contribution is -2.16. The monoisotopic (exact) mass is 706 g/mol. The Bertz CT molecular complexity index is 2160. The van der Waals surface area contributed by atoms with Gasteiger partial charge in [-0.25, -0.2) is 0 Å². The van der Waals surface area contributed by atoms with Gasteiger partial charge in [-0.05, 0) is 168 Å². The van der Waals surface area contributed by atoms with E-state index in [1.165, 1.54) is 89.8 Å². The summed E-state index contributed by atoms with van der Waals surface area (Å²) in [4.78, 5) is 4.84. The largest absolute Gasteiger partial charge is 0.310 e. The topological polar surface area (TPSA) is 6.48 Å². The highest BCUT2D eigenvalue weighted by atomic mass is 15.1. The lowest BCUT2D eigenvalue weighted by atomic mass is 9.75. The number of fused-ring (bicyclic) bond motifs is 4. The lowest BCUT2D eigenvalue weighted by Gasteiger charge is -2.33. The summed E-state index contributed by atoms with van der Waals surface area (Å²) >= 11 is 0. The van der Waals surface area contributed by atoms with E-state index in [0.29, 0.717) is 0 Å². The van der Waals surface area contributed by atoms with Crippen molar-refractivity contribution in [2.45, 2.75) is 91.9 Å². The Morgan fingerprint density at radius 1 is 0.352 bits per heavy atom. The molecule has 0 spiro atoms. The van der Waals surface area contributed by atoms with Gasteiger partial charge in [0.25, 0.3) is 0 Å². The Kier molecular flexibility index (Phi) is 9.13. The smallest absolute Gasteiger partial charge is 0.0464 e. The quantitative estimate of drug-likeness (QED) is 0.170. The molecule has 2 aliphatic rings. The molecule has 0 heterocycles. The van der Waals surface area contributed by atoms with Crippen LogP contribution in [0.5, 0.6) is 0 Å². The van der Waals surface area contributed by atoms with Gasteiger partial charge in [-0.3, -0.25) is 0 Å². The van der Waals surface area contributed by atoms with Crippen molar-refractivity contribution in [1.82, 2.24) is 0 Å². The van der Waals surface area contributed by atoms with Crippen molar-refractivity contribution in [1.29, 1.82) is 0 Å². The van der Waals surface area contributed by atoms with Crippen LogP contribution in [-0.4, -0.2) is 0 Å². The van der Waals surface area contributed by atoms with Gasteiger partial charge in [-0.15, -0.1) is 0 Å². The fourth-order valence-corrected chi connectivity index (χ4v) is 8.36. The molecule has 0 fully saturated rings. The number of anilines is 6. The second-order valence-corrected chi connectivity index (χ2v) is 17.6. The molecule has 0 atom stereocenters. The van der Waals surface area contributed by atoms with E-state index in [1.54, 1.807) is 0 Å². The second-order valence-electron chi connectivity index (χ2n) is 17.6. The highest BCUT2D eigenvalue weighted by Crippen LogP contribution is 2.47. The Morgan fingerprint density at radius 3 is 0.963 bits per heavy atom. The van der Waals surface area contributed by atoms with Gasteiger partial charge < -0.3 is 9.80 Å². The first-order valence-electron chi connectivity index (χ1n) is 19.8. The molecular weight excluding hydrogens is 653 g/mol. The molecule has 0 unspecified atom stereocenters. The first-order valence-corrected chi connectivity index (χ1v) is 19.8. The third-order valence-corrected chi connectivity index (χ3v) is 11.6. The summed E-state index contributed by atoms with van der Waals surface area (Å²) in [6.45, 7) is 18.0. The highest BCUT2D eigenvalue weighted by Gasteiger charge is 2.27.